The normalized spacial score (nSPS) is 30.1. The highest BCUT2D eigenvalue weighted by atomic mass is 16.5. The minimum atomic E-state index is -0.896. The van der Waals surface area contributed by atoms with Crippen LogP contribution in [0.5, 0.6) is 0 Å². The molecule has 3 unspecified atom stereocenters. The van der Waals surface area contributed by atoms with Crippen LogP contribution in [0.3, 0.4) is 0 Å². The van der Waals surface area contributed by atoms with Crippen molar-refractivity contribution in [1.29, 1.82) is 0 Å². The quantitative estimate of drug-likeness (QED) is 0.812. The number of hydrogen-bond donors (Lipinski definition) is 1. The van der Waals surface area contributed by atoms with E-state index in [0.717, 1.165) is 19.3 Å². The van der Waals surface area contributed by atoms with Crippen molar-refractivity contribution < 1.29 is 24.2 Å². The largest absolute Gasteiger partial charge is 0.481 e. The first-order valence-corrected chi connectivity index (χ1v) is 7.35. The Hall–Kier alpha value is -1.14. The number of nitrogens with zero attached hydrogens (tertiary/aromatic N) is 1. The molecule has 2 fully saturated rings. The number of carboxylic acid groups (broad SMARTS) is 1. The smallest absolute Gasteiger partial charge is 0.311 e. The van der Waals surface area contributed by atoms with Crippen molar-refractivity contribution >= 4 is 11.9 Å². The standard InChI is InChI=1S/C14H23NO5/c1-2-15(12-9-19-8-11(12)14(17)18)13(16)7-10-5-3-4-6-20-10/h10-12H,2-9H2,1H3,(H,17,18). The molecule has 6 nitrogen and oxygen atoms in total. The van der Waals surface area contributed by atoms with Crippen LogP contribution in [0.15, 0.2) is 0 Å². The third kappa shape index (κ3) is 3.49. The first kappa shape index (κ1) is 15.3. The van der Waals surface area contributed by atoms with Crippen molar-refractivity contribution in [2.24, 2.45) is 5.92 Å². The minimum absolute atomic E-state index is 0.0177. The second kappa shape index (κ2) is 7.04. The lowest BCUT2D eigenvalue weighted by Gasteiger charge is -2.31. The maximum Gasteiger partial charge on any atom is 0.311 e. The second-order valence-electron chi connectivity index (χ2n) is 5.42. The van der Waals surface area contributed by atoms with E-state index in [1.165, 1.54) is 0 Å². The fraction of sp³-hybridized carbons (Fsp3) is 0.857. The molecule has 2 saturated heterocycles. The predicted molar refractivity (Wildman–Crippen MR) is 71.3 cm³/mol. The van der Waals surface area contributed by atoms with Gasteiger partial charge in [-0.2, -0.15) is 0 Å². The number of aliphatic carboxylic acids is 1. The van der Waals surface area contributed by atoms with E-state index >= 15 is 0 Å². The zero-order chi connectivity index (χ0) is 14.5. The average Bonchev–Trinajstić information content (AvgIpc) is 2.90. The average molecular weight is 285 g/mol. The molecule has 0 saturated carbocycles. The Bertz CT molecular complexity index is 353. The highest BCUT2D eigenvalue weighted by Gasteiger charge is 2.39. The zero-order valence-corrected chi connectivity index (χ0v) is 11.9. The van der Waals surface area contributed by atoms with Gasteiger partial charge in [0.1, 0.15) is 5.92 Å². The fourth-order valence-corrected chi connectivity index (χ4v) is 2.96. The second-order valence-corrected chi connectivity index (χ2v) is 5.42. The van der Waals surface area contributed by atoms with Crippen LogP contribution in [0.25, 0.3) is 0 Å². The molecule has 0 aromatic heterocycles. The van der Waals surface area contributed by atoms with Gasteiger partial charge in [-0.05, 0) is 26.2 Å². The summed E-state index contributed by atoms with van der Waals surface area (Å²) in [4.78, 5) is 25.2. The maximum atomic E-state index is 12.4. The molecule has 0 spiro atoms. The number of carboxylic acids is 1. The summed E-state index contributed by atoms with van der Waals surface area (Å²) < 4.78 is 10.8. The van der Waals surface area contributed by atoms with Crippen molar-refractivity contribution in [3.05, 3.63) is 0 Å². The number of hydrogen-bond acceptors (Lipinski definition) is 4. The summed E-state index contributed by atoms with van der Waals surface area (Å²) in [5.41, 5.74) is 0. The van der Waals surface area contributed by atoms with E-state index in [1.54, 1.807) is 4.90 Å². The van der Waals surface area contributed by atoms with E-state index in [1.807, 2.05) is 6.92 Å². The number of rotatable bonds is 5. The molecule has 2 heterocycles. The molecule has 2 rings (SSSR count). The molecule has 2 aliphatic rings. The maximum absolute atomic E-state index is 12.4. The van der Waals surface area contributed by atoms with Crippen LogP contribution in [0.2, 0.25) is 0 Å². The summed E-state index contributed by atoms with van der Waals surface area (Å²) in [7, 11) is 0. The van der Waals surface area contributed by atoms with Crippen molar-refractivity contribution in [3.8, 4) is 0 Å². The molecule has 2 aliphatic heterocycles. The van der Waals surface area contributed by atoms with E-state index in [2.05, 4.69) is 0 Å². The Kier molecular flexibility index (Phi) is 5.37. The lowest BCUT2D eigenvalue weighted by atomic mass is 10.0. The van der Waals surface area contributed by atoms with Gasteiger partial charge in [0.25, 0.3) is 0 Å². The summed E-state index contributed by atoms with van der Waals surface area (Å²) in [6, 6.07) is -0.353. The monoisotopic (exact) mass is 285 g/mol. The topological polar surface area (TPSA) is 76.1 Å². The van der Waals surface area contributed by atoms with Gasteiger partial charge >= 0.3 is 5.97 Å². The Morgan fingerprint density at radius 3 is 2.70 bits per heavy atom. The van der Waals surface area contributed by atoms with Crippen LogP contribution in [0.1, 0.15) is 32.6 Å². The molecule has 0 radical (unpaired) electrons. The zero-order valence-electron chi connectivity index (χ0n) is 11.9. The third-order valence-corrected chi connectivity index (χ3v) is 4.11. The molecule has 0 aromatic carbocycles. The molecule has 0 aliphatic carbocycles. The minimum Gasteiger partial charge on any atom is -0.481 e. The van der Waals surface area contributed by atoms with Crippen LogP contribution in [-0.4, -0.2) is 60.4 Å². The Balaban J connectivity index is 1.95. The van der Waals surface area contributed by atoms with Crippen molar-refractivity contribution in [1.82, 2.24) is 4.90 Å². The van der Waals surface area contributed by atoms with E-state index in [0.29, 0.717) is 26.2 Å². The molecular formula is C14H23NO5. The van der Waals surface area contributed by atoms with Gasteiger partial charge in [0, 0.05) is 13.2 Å². The summed E-state index contributed by atoms with van der Waals surface area (Å²) in [5, 5.41) is 9.19. The Morgan fingerprint density at radius 1 is 1.30 bits per heavy atom. The molecule has 114 valence electrons. The van der Waals surface area contributed by atoms with Crippen LogP contribution >= 0.6 is 0 Å². The van der Waals surface area contributed by atoms with Crippen molar-refractivity contribution in [2.45, 2.75) is 44.8 Å². The lowest BCUT2D eigenvalue weighted by molar-refractivity contribution is -0.145. The van der Waals surface area contributed by atoms with E-state index in [-0.39, 0.29) is 24.7 Å². The predicted octanol–water partition coefficient (Wildman–Crippen LogP) is 0.894. The Morgan fingerprint density at radius 2 is 2.10 bits per heavy atom. The Labute approximate surface area is 119 Å². The molecule has 1 amide bonds. The molecule has 1 N–H and O–H groups in total. The SMILES string of the molecule is CCN(C(=O)CC1CCCCO1)C1COCC1C(=O)O. The van der Waals surface area contributed by atoms with E-state index in [9.17, 15) is 14.7 Å². The summed E-state index contributed by atoms with van der Waals surface area (Å²) >= 11 is 0. The van der Waals surface area contributed by atoms with Gasteiger partial charge < -0.3 is 19.5 Å². The van der Waals surface area contributed by atoms with Gasteiger partial charge in [-0.25, -0.2) is 0 Å². The van der Waals surface area contributed by atoms with Crippen LogP contribution < -0.4 is 0 Å². The highest BCUT2D eigenvalue weighted by molar-refractivity contribution is 5.79. The molecular weight excluding hydrogens is 262 g/mol. The lowest BCUT2D eigenvalue weighted by Crippen LogP contribution is -2.47. The first-order valence-electron chi connectivity index (χ1n) is 7.35. The number of amides is 1. The number of likely N-dealkylation sites (N-methyl/N-ethyl adjacent to an activating group) is 1. The molecule has 0 aromatic rings. The van der Waals surface area contributed by atoms with Crippen molar-refractivity contribution in [3.63, 3.8) is 0 Å². The third-order valence-electron chi connectivity index (χ3n) is 4.11. The van der Waals surface area contributed by atoms with Gasteiger partial charge in [0.05, 0.1) is 31.8 Å². The summed E-state index contributed by atoms with van der Waals surface area (Å²) in [6.45, 7) is 3.58. The van der Waals surface area contributed by atoms with Gasteiger partial charge in [-0.1, -0.05) is 0 Å². The molecule has 0 bridgehead atoms. The molecule has 20 heavy (non-hydrogen) atoms. The number of carbonyl (C=O) groups excluding carboxylic acids is 1. The van der Waals surface area contributed by atoms with Gasteiger partial charge in [-0.15, -0.1) is 0 Å². The first-order chi connectivity index (χ1) is 9.63. The van der Waals surface area contributed by atoms with E-state index in [4.69, 9.17) is 9.47 Å². The summed E-state index contributed by atoms with van der Waals surface area (Å²) in [5.74, 6) is -1.54. The molecule has 6 heteroatoms. The van der Waals surface area contributed by atoms with Crippen molar-refractivity contribution in [2.75, 3.05) is 26.4 Å². The van der Waals surface area contributed by atoms with Gasteiger partial charge in [-0.3, -0.25) is 9.59 Å². The highest BCUT2D eigenvalue weighted by Crippen LogP contribution is 2.23. The van der Waals surface area contributed by atoms with Gasteiger partial charge in [0.2, 0.25) is 5.91 Å². The fourth-order valence-electron chi connectivity index (χ4n) is 2.96. The number of ether oxygens (including phenoxy) is 2. The van der Waals surface area contributed by atoms with Gasteiger partial charge in [0.15, 0.2) is 0 Å². The molecule has 3 atom stereocenters. The van der Waals surface area contributed by atoms with Crippen LogP contribution in [0, 0.1) is 5.92 Å². The van der Waals surface area contributed by atoms with E-state index < -0.39 is 11.9 Å². The van der Waals surface area contributed by atoms with Crippen LogP contribution in [-0.2, 0) is 19.1 Å². The van der Waals surface area contributed by atoms with Crippen LogP contribution in [0.4, 0.5) is 0 Å². The summed E-state index contributed by atoms with van der Waals surface area (Å²) in [6.07, 6.45) is 3.38. The number of carbonyl (C=O) groups is 2.